The highest BCUT2D eigenvalue weighted by Crippen LogP contribution is 2.38. The number of benzene rings is 1. The van der Waals surface area contributed by atoms with E-state index in [2.05, 4.69) is 38.1 Å². The quantitative estimate of drug-likeness (QED) is 0.927. The van der Waals surface area contributed by atoms with Gasteiger partial charge < -0.3 is 15.4 Å². The van der Waals surface area contributed by atoms with Crippen molar-refractivity contribution in [2.24, 2.45) is 17.6 Å². The molecule has 4 atom stereocenters. The molecule has 2 saturated heterocycles. The van der Waals surface area contributed by atoms with Crippen LogP contribution in [0.3, 0.4) is 0 Å². The largest absolute Gasteiger partial charge is 0.374 e. The Bertz CT molecular complexity index is 566. The molecule has 0 aliphatic carbocycles. The second-order valence-corrected chi connectivity index (χ2v) is 7.61. The summed E-state index contributed by atoms with van der Waals surface area (Å²) >= 11 is 0. The van der Waals surface area contributed by atoms with Crippen LogP contribution < -0.4 is 5.73 Å². The smallest absolute Gasteiger partial charge is 0.228 e. The highest BCUT2D eigenvalue weighted by molar-refractivity contribution is 5.80. The van der Waals surface area contributed by atoms with Gasteiger partial charge in [-0.1, -0.05) is 37.3 Å². The van der Waals surface area contributed by atoms with Crippen LogP contribution in [0.2, 0.25) is 0 Å². The monoisotopic (exact) mass is 330 g/mol. The average molecular weight is 330 g/mol. The van der Waals surface area contributed by atoms with Gasteiger partial charge in [0.1, 0.15) is 0 Å². The van der Waals surface area contributed by atoms with Gasteiger partial charge in [-0.25, -0.2) is 0 Å². The predicted octanol–water partition coefficient (Wildman–Crippen LogP) is 2.57. The minimum atomic E-state index is -0.0119. The summed E-state index contributed by atoms with van der Waals surface area (Å²) < 4.78 is 5.86. The maximum absolute atomic E-state index is 13.0. The summed E-state index contributed by atoms with van der Waals surface area (Å²) in [7, 11) is 0. The zero-order valence-electron chi connectivity index (χ0n) is 15.1. The van der Waals surface area contributed by atoms with E-state index in [-0.39, 0.29) is 35.4 Å². The summed E-state index contributed by atoms with van der Waals surface area (Å²) in [5, 5.41) is 0. The van der Waals surface area contributed by atoms with Crippen molar-refractivity contribution in [1.29, 1.82) is 0 Å². The lowest BCUT2D eigenvalue weighted by Gasteiger charge is -2.42. The minimum Gasteiger partial charge on any atom is -0.374 e. The Hall–Kier alpha value is -1.39. The number of hydrogen-bond donors (Lipinski definition) is 1. The summed E-state index contributed by atoms with van der Waals surface area (Å²) in [6, 6.07) is 10.5. The van der Waals surface area contributed by atoms with Gasteiger partial charge in [-0.3, -0.25) is 4.79 Å². The number of nitrogens with zero attached hydrogens (tertiary/aromatic N) is 1. The molecule has 3 rings (SSSR count). The van der Waals surface area contributed by atoms with Crippen LogP contribution in [-0.4, -0.2) is 42.6 Å². The van der Waals surface area contributed by atoms with Crippen LogP contribution >= 0.6 is 0 Å². The molecular weight excluding hydrogens is 300 g/mol. The van der Waals surface area contributed by atoms with Crippen LogP contribution in [0, 0.1) is 11.8 Å². The fraction of sp³-hybridized carbons (Fsp3) is 0.650. The molecule has 4 heteroatoms. The Kier molecular flexibility index (Phi) is 4.97. The van der Waals surface area contributed by atoms with E-state index in [1.807, 2.05) is 17.9 Å². The molecule has 24 heavy (non-hydrogen) atoms. The molecule has 0 saturated carbocycles. The summed E-state index contributed by atoms with van der Waals surface area (Å²) in [6.07, 6.45) is 2.04. The summed E-state index contributed by atoms with van der Waals surface area (Å²) in [5.74, 6) is 0.531. The molecule has 1 amide bonds. The Balaban J connectivity index is 1.69. The third-order valence-electron chi connectivity index (χ3n) is 6.34. The van der Waals surface area contributed by atoms with E-state index in [1.165, 1.54) is 5.56 Å². The number of likely N-dealkylation sites (tertiary alicyclic amines) is 1. The van der Waals surface area contributed by atoms with Crippen molar-refractivity contribution in [3.05, 3.63) is 35.9 Å². The highest BCUT2D eigenvalue weighted by Gasteiger charge is 2.45. The number of carbonyl (C=O) groups is 1. The van der Waals surface area contributed by atoms with Crippen LogP contribution in [-0.2, 0) is 14.9 Å². The van der Waals surface area contributed by atoms with E-state index in [1.54, 1.807) is 0 Å². The number of piperidine rings is 1. The van der Waals surface area contributed by atoms with Crippen LogP contribution in [0.25, 0.3) is 0 Å². The zero-order valence-corrected chi connectivity index (χ0v) is 15.1. The predicted molar refractivity (Wildman–Crippen MR) is 95.7 cm³/mol. The summed E-state index contributed by atoms with van der Waals surface area (Å²) in [6.45, 7) is 8.44. The highest BCUT2D eigenvalue weighted by atomic mass is 16.5. The Morgan fingerprint density at radius 1 is 1.17 bits per heavy atom. The van der Waals surface area contributed by atoms with Gasteiger partial charge >= 0.3 is 0 Å². The van der Waals surface area contributed by atoms with Gasteiger partial charge in [0.05, 0.1) is 18.1 Å². The number of carbonyl (C=O) groups excluding carboxylic acids is 1. The maximum atomic E-state index is 13.0. The van der Waals surface area contributed by atoms with Crippen LogP contribution in [0.4, 0.5) is 0 Å². The van der Waals surface area contributed by atoms with Gasteiger partial charge in [0.25, 0.3) is 0 Å². The van der Waals surface area contributed by atoms with E-state index in [4.69, 9.17) is 10.5 Å². The van der Waals surface area contributed by atoms with Crippen molar-refractivity contribution in [2.45, 2.75) is 51.2 Å². The fourth-order valence-electron chi connectivity index (χ4n) is 4.46. The summed E-state index contributed by atoms with van der Waals surface area (Å²) in [5.41, 5.74) is 7.47. The zero-order chi connectivity index (χ0) is 17.3. The van der Waals surface area contributed by atoms with Crippen molar-refractivity contribution < 1.29 is 9.53 Å². The van der Waals surface area contributed by atoms with Crippen molar-refractivity contribution in [3.63, 3.8) is 0 Å². The fourth-order valence-corrected chi connectivity index (χ4v) is 4.46. The third-order valence-corrected chi connectivity index (χ3v) is 6.34. The molecule has 1 aromatic rings. The molecule has 0 radical (unpaired) electrons. The first-order valence-corrected chi connectivity index (χ1v) is 9.18. The first kappa shape index (κ1) is 17.4. The normalized spacial score (nSPS) is 32.8. The van der Waals surface area contributed by atoms with Gasteiger partial charge in [-0.15, -0.1) is 0 Å². The third kappa shape index (κ3) is 2.98. The molecular formula is C20H30N2O2. The van der Waals surface area contributed by atoms with E-state index >= 15 is 0 Å². The van der Waals surface area contributed by atoms with Gasteiger partial charge in [0.15, 0.2) is 0 Å². The number of ether oxygens (including phenoxy) is 1. The van der Waals surface area contributed by atoms with E-state index in [0.29, 0.717) is 6.54 Å². The molecule has 2 fully saturated rings. The molecule has 0 bridgehead atoms. The van der Waals surface area contributed by atoms with Crippen molar-refractivity contribution in [3.8, 4) is 0 Å². The van der Waals surface area contributed by atoms with E-state index < -0.39 is 0 Å². The van der Waals surface area contributed by atoms with Gasteiger partial charge in [0.2, 0.25) is 5.91 Å². The average Bonchev–Trinajstić information content (AvgIpc) is 2.87. The molecule has 2 N–H and O–H groups in total. The van der Waals surface area contributed by atoms with E-state index in [0.717, 1.165) is 25.9 Å². The molecule has 2 aliphatic heterocycles. The molecule has 2 aliphatic rings. The van der Waals surface area contributed by atoms with Gasteiger partial charge in [0, 0.05) is 25.0 Å². The first-order chi connectivity index (χ1) is 11.5. The number of rotatable bonds is 3. The van der Waals surface area contributed by atoms with Crippen LogP contribution in [0.1, 0.15) is 39.2 Å². The molecule has 1 aromatic carbocycles. The van der Waals surface area contributed by atoms with Crippen molar-refractivity contribution >= 4 is 5.91 Å². The maximum Gasteiger partial charge on any atom is 0.228 e. The Morgan fingerprint density at radius 3 is 2.29 bits per heavy atom. The Morgan fingerprint density at radius 2 is 1.79 bits per heavy atom. The van der Waals surface area contributed by atoms with E-state index in [9.17, 15) is 4.79 Å². The number of hydrogen-bond acceptors (Lipinski definition) is 3. The van der Waals surface area contributed by atoms with Crippen molar-refractivity contribution in [1.82, 2.24) is 4.90 Å². The SMILES string of the molecule is CC1OC(C)C(C(=O)N2CCC(CN)(c3ccccc3)CC2)C1C. The molecule has 4 nitrogen and oxygen atoms in total. The molecule has 132 valence electrons. The topological polar surface area (TPSA) is 55.6 Å². The minimum absolute atomic E-state index is 0.00867. The first-order valence-electron chi connectivity index (χ1n) is 9.18. The second-order valence-electron chi connectivity index (χ2n) is 7.61. The van der Waals surface area contributed by atoms with Crippen molar-refractivity contribution in [2.75, 3.05) is 19.6 Å². The number of amides is 1. The molecule has 4 unspecified atom stereocenters. The second kappa shape index (κ2) is 6.85. The Labute approximate surface area is 145 Å². The lowest BCUT2D eigenvalue weighted by molar-refractivity contribution is -0.139. The summed E-state index contributed by atoms with van der Waals surface area (Å²) in [4.78, 5) is 15.1. The van der Waals surface area contributed by atoms with Crippen LogP contribution in [0.15, 0.2) is 30.3 Å². The van der Waals surface area contributed by atoms with Crippen LogP contribution in [0.5, 0.6) is 0 Å². The number of nitrogens with two attached hydrogens (primary N) is 1. The molecule has 0 spiro atoms. The van der Waals surface area contributed by atoms with Gasteiger partial charge in [-0.2, -0.15) is 0 Å². The van der Waals surface area contributed by atoms with Gasteiger partial charge in [-0.05, 0) is 38.2 Å². The molecule has 0 aromatic heterocycles. The lowest BCUT2D eigenvalue weighted by Crippen LogP contribution is -2.51. The lowest BCUT2D eigenvalue weighted by atomic mass is 9.72. The molecule has 2 heterocycles. The standard InChI is InChI=1S/C20H30N2O2/c1-14-15(2)24-16(3)18(14)19(23)22-11-9-20(13-21,10-12-22)17-7-5-4-6-8-17/h4-8,14-16,18H,9-13,21H2,1-3H3.